The summed E-state index contributed by atoms with van der Waals surface area (Å²) in [5, 5.41) is 4.95. The number of hydrogen-bond donors (Lipinski definition) is 2. The second-order valence-corrected chi connectivity index (χ2v) is 5.84. The molecule has 2 atom stereocenters. The fraction of sp³-hybridized carbons (Fsp3) is 0.429. The van der Waals surface area contributed by atoms with Crippen LogP contribution in [0, 0.1) is 0 Å². The molecule has 0 spiro atoms. The van der Waals surface area contributed by atoms with E-state index >= 15 is 0 Å². The molecule has 3 rings (SSSR count). The van der Waals surface area contributed by atoms with Crippen LogP contribution in [0.1, 0.15) is 31.2 Å². The summed E-state index contributed by atoms with van der Waals surface area (Å²) in [7, 11) is 0. The van der Waals surface area contributed by atoms with Crippen molar-refractivity contribution in [1.82, 2.24) is 10.3 Å². The van der Waals surface area contributed by atoms with E-state index in [9.17, 15) is 0 Å². The summed E-state index contributed by atoms with van der Waals surface area (Å²) in [6.07, 6.45) is 4.77. The molecule has 0 bridgehead atoms. The van der Waals surface area contributed by atoms with E-state index in [1.807, 2.05) is 0 Å². The minimum atomic E-state index is 0.570. The number of hydrogen-bond acceptors (Lipinski definition) is 1. The molecule has 3 heteroatoms. The van der Waals surface area contributed by atoms with Crippen molar-refractivity contribution in [2.75, 3.05) is 6.54 Å². The Balaban J connectivity index is 2.01. The minimum absolute atomic E-state index is 0.570. The Morgan fingerprint density at radius 1 is 1.41 bits per heavy atom. The first-order chi connectivity index (χ1) is 8.25. The van der Waals surface area contributed by atoms with Gasteiger partial charge in [-0.25, -0.2) is 0 Å². The maximum absolute atomic E-state index is 3.60. The molecular formula is C14H17BrN2. The number of fused-ring (bicyclic) bond motifs is 1. The van der Waals surface area contributed by atoms with Crippen molar-refractivity contribution < 1.29 is 0 Å². The van der Waals surface area contributed by atoms with Gasteiger partial charge in [0, 0.05) is 27.6 Å². The lowest BCUT2D eigenvalue weighted by Crippen LogP contribution is -2.27. The Bertz CT molecular complexity index is 526. The maximum Gasteiger partial charge on any atom is 0.0457 e. The lowest BCUT2D eigenvalue weighted by atomic mass is 9.92. The Morgan fingerprint density at radius 3 is 3.06 bits per heavy atom. The molecule has 2 heterocycles. The zero-order chi connectivity index (χ0) is 11.8. The number of rotatable bonds is 2. The Hall–Kier alpha value is -0.800. The van der Waals surface area contributed by atoms with E-state index in [2.05, 4.69) is 57.6 Å². The first-order valence-corrected chi connectivity index (χ1v) is 7.05. The number of aromatic nitrogens is 1. The molecule has 0 aliphatic carbocycles. The maximum atomic E-state index is 3.60. The second-order valence-electron chi connectivity index (χ2n) is 4.93. The summed E-state index contributed by atoms with van der Waals surface area (Å²) in [6.45, 7) is 3.49. The van der Waals surface area contributed by atoms with Crippen LogP contribution < -0.4 is 5.32 Å². The average molecular weight is 293 g/mol. The van der Waals surface area contributed by atoms with Crippen LogP contribution in [0.25, 0.3) is 10.9 Å². The molecule has 2 nitrogen and oxygen atoms in total. The lowest BCUT2D eigenvalue weighted by Gasteiger charge is -2.19. The molecule has 0 amide bonds. The van der Waals surface area contributed by atoms with Crippen LogP contribution >= 0.6 is 15.9 Å². The van der Waals surface area contributed by atoms with Gasteiger partial charge in [0.1, 0.15) is 0 Å². The van der Waals surface area contributed by atoms with Crippen LogP contribution in [-0.2, 0) is 0 Å². The molecule has 2 aromatic rings. The van der Waals surface area contributed by atoms with Crippen LogP contribution in [0.5, 0.6) is 0 Å². The summed E-state index contributed by atoms with van der Waals surface area (Å²) in [5.74, 6) is 0.570. The van der Waals surface area contributed by atoms with Gasteiger partial charge in [0.15, 0.2) is 0 Å². The first kappa shape index (κ1) is 11.3. The van der Waals surface area contributed by atoms with Crippen LogP contribution in [0.2, 0.25) is 0 Å². The number of aromatic amines is 1. The summed E-state index contributed by atoms with van der Waals surface area (Å²) in [5.41, 5.74) is 2.66. The van der Waals surface area contributed by atoms with Gasteiger partial charge in [-0.15, -0.1) is 0 Å². The van der Waals surface area contributed by atoms with Gasteiger partial charge in [0.2, 0.25) is 0 Å². The van der Waals surface area contributed by atoms with Crippen molar-refractivity contribution >= 4 is 26.8 Å². The molecule has 0 radical (unpaired) electrons. The predicted octanol–water partition coefficient (Wildman–Crippen LogP) is 3.79. The van der Waals surface area contributed by atoms with E-state index in [-0.39, 0.29) is 0 Å². The highest BCUT2D eigenvalue weighted by Gasteiger charge is 2.24. The van der Waals surface area contributed by atoms with Crippen LogP contribution in [0.15, 0.2) is 28.9 Å². The van der Waals surface area contributed by atoms with E-state index in [0.717, 1.165) is 4.47 Å². The standard InChI is InChI=1S/C14H17BrN2/c1-9(13-3-2-6-16-13)12-8-17-14-5-4-10(15)7-11(12)14/h4-5,7-9,13,16-17H,2-3,6H2,1H3/t9-,13?/m1/s1. The monoisotopic (exact) mass is 292 g/mol. The van der Waals surface area contributed by atoms with Crippen molar-refractivity contribution in [3.8, 4) is 0 Å². The van der Waals surface area contributed by atoms with Crippen molar-refractivity contribution in [2.45, 2.75) is 31.7 Å². The molecule has 1 saturated heterocycles. The van der Waals surface area contributed by atoms with Crippen molar-refractivity contribution in [3.63, 3.8) is 0 Å². The third-order valence-electron chi connectivity index (χ3n) is 3.87. The summed E-state index contributed by atoms with van der Waals surface area (Å²) in [4.78, 5) is 3.37. The molecule has 1 fully saturated rings. The largest absolute Gasteiger partial charge is 0.361 e. The van der Waals surface area contributed by atoms with E-state index in [4.69, 9.17) is 0 Å². The van der Waals surface area contributed by atoms with Gasteiger partial charge in [-0.3, -0.25) is 0 Å². The van der Waals surface area contributed by atoms with Gasteiger partial charge in [-0.2, -0.15) is 0 Å². The van der Waals surface area contributed by atoms with Crippen molar-refractivity contribution in [3.05, 3.63) is 34.4 Å². The van der Waals surface area contributed by atoms with Gasteiger partial charge in [0.05, 0.1) is 0 Å². The van der Waals surface area contributed by atoms with Gasteiger partial charge < -0.3 is 10.3 Å². The zero-order valence-electron chi connectivity index (χ0n) is 9.96. The summed E-state index contributed by atoms with van der Waals surface area (Å²) in [6, 6.07) is 7.07. The zero-order valence-corrected chi connectivity index (χ0v) is 11.5. The van der Waals surface area contributed by atoms with Gasteiger partial charge in [-0.05, 0) is 49.1 Å². The fourth-order valence-electron chi connectivity index (χ4n) is 2.85. The molecule has 17 heavy (non-hydrogen) atoms. The quantitative estimate of drug-likeness (QED) is 0.866. The van der Waals surface area contributed by atoms with Crippen LogP contribution in [-0.4, -0.2) is 17.6 Å². The van der Waals surface area contributed by atoms with Gasteiger partial charge in [0.25, 0.3) is 0 Å². The molecule has 0 saturated carbocycles. The number of H-pyrrole nitrogens is 1. The Labute approximate surface area is 110 Å². The highest BCUT2D eigenvalue weighted by Crippen LogP contribution is 2.32. The molecule has 1 aromatic heterocycles. The minimum Gasteiger partial charge on any atom is -0.361 e. The fourth-order valence-corrected chi connectivity index (χ4v) is 3.21. The predicted molar refractivity (Wildman–Crippen MR) is 75.4 cm³/mol. The highest BCUT2D eigenvalue weighted by atomic mass is 79.9. The van der Waals surface area contributed by atoms with Gasteiger partial charge in [-0.1, -0.05) is 22.9 Å². The summed E-state index contributed by atoms with van der Waals surface area (Å²) >= 11 is 3.55. The van der Waals surface area contributed by atoms with Crippen LogP contribution in [0.4, 0.5) is 0 Å². The molecule has 1 aliphatic rings. The highest BCUT2D eigenvalue weighted by molar-refractivity contribution is 9.10. The van der Waals surface area contributed by atoms with E-state index < -0.39 is 0 Å². The van der Waals surface area contributed by atoms with Crippen molar-refractivity contribution in [2.24, 2.45) is 0 Å². The molecular weight excluding hydrogens is 276 g/mol. The smallest absolute Gasteiger partial charge is 0.0457 e. The number of benzene rings is 1. The normalized spacial score (nSPS) is 22.1. The van der Waals surface area contributed by atoms with E-state index in [1.165, 1.54) is 35.9 Å². The SMILES string of the molecule is C[C@H](c1c[nH]c2ccc(Br)cc12)C1CCCN1. The average Bonchev–Trinajstić information content (AvgIpc) is 2.97. The lowest BCUT2D eigenvalue weighted by molar-refractivity contribution is 0.520. The topological polar surface area (TPSA) is 27.8 Å². The first-order valence-electron chi connectivity index (χ1n) is 6.25. The Kier molecular flexibility index (Phi) is 2.97. The summed E-state index contributed by atoms with van der Waals surface area (Å²) < 4.78 is 1.15. The van der Waals surface area contributed by atoms with E-state index in [1.54, 1.807) is 0 Å². The van der Waals surface area contributed by atoms with Crippen molar-refractivity contribution in [1.29, 1.82) is 0 Å². The molecule has 90 valence electrons. The third-order valence-corrected chi connectivity index (χ3v) is 4.36. The van der Waals surface area contributed by atoms with E-state index in [0.29, 0.717) is 12.0 Å². The number of nitrogens with one attached hydrogen (secondary N) is 2. The Morgan fingerprint density at radius 2 is 2.29 bits per heavy atom. The second kappa shape index (κ2) is 4.46. The third kappa shape index (κ3) is 2.02. The molecule has 2 N–H and O–H groups in total. The molecule has 1 unspecified atom stereocenters. The molecule has 1 aromatic carbocycles. The molecule has 1 aliphatic heterocycles. The number of halogens is 1. The van der Waals surface area contributed by atoms with Crippen LogP contribution in [0.3, 0.4) is 0 Å². The van der Waals surface area contributed by atoms with Gasteiger partial charge >= 0.3 is 0 Å².